The van der Waals surface area contributed by atoms with Crippen LogP contribution in [-0.2, 0) is 9.53 Å². The van der Waals surface area contributed by atoms with Crippen LogP contribution in [0.3, 0.4) is 0 Å². The van der Waals surface area contributed by atoms with Gasteiger partial charge in [0.1, 0.15) is 5.75 Å². The van der Waals surface area contributed by atoms with Gasteiger partial charge in [0.05, 0.1) is 19.3 Å². The number of likely N-dealkylation sites (tertiary alicyclic amines) is 1. The average molecular weight is 486 g/mol. The van der Waals surface area contributed by atoms with Gasteiger partial charge in [-0.05, 0) is 68.8 Å². The summed E-state index contributed by atoms with van der Waals surface area (Å²) in [6.45, 7) is 7.91. The molecule has 2 saturated heterocycles. The molecule has 7 nitrogen and oxygen atoms in total. The molecule has 4 rings (SSSR count). The van der Waals surface area contributed by atoms with Gasteiger partial charge in [0.25, 0.3) is 11.8 Å². The van der Waals surface area contributed by atoms with E-state index < -0.39 is 0 Å². The summed E-state index contributed by atoms with van der Waals surface area (Å²) in [4.78, 5) is 31.0. The van der Waals surface area contributed by atoms with Gasteiger partial charge in [-0.15, -0.1) is 11.3 Å². The van der Waals surface area contributed by atoms with Crippen molar-refractivity contribution < 1.29 is 19.1 Å². The average Bonchev–Trinajstić information content (AvgIpc) is 3.38. The fourth-order valence-electron chi connectivity index (χ4n) is 4.91. The van der Waals surface area contributed by atoms with E-state index in [2.05, 4.69) is 35.5 Å². The fourth-order valence-corrected chi connectivity index (χ4v) is 5.77. The Bertz CT molecular complexity index is 918. The number of piperidine rings is 1. The molecular weight excluding hydrogens is 450 g/mol. The third kappa shape index (κ3) is 6.17. The number of thiophene rings is 1. The van der Waals surface area contributed by atoms with Gasteiger partial charge in [-0.1, -0.05) is 6.07 Å². The molecule has 3 atom stereocenters. The zero-order valence-corrected chi connectivity index (χ0v) is 20.9. The third-order valence-electron chi connectivity index (χ3n) is 6.77. The van der Waals surface area contributed by atoms with Crippen molar-refractivity contribution in [2.24, 2.45) is 0 Å². The van der Waals surface area contributed by atoms with Crippen molar-refractivity contribution in [3.05, 3.63) is 52.2 Å². The molecule has 1 aromatic carbocycles. The molecule has 184 valence electrons. The third-order valence-corrected chi connectivity index (χ3v) is 7.75. The summed E-state index contributed by atoms with van der Waals surface area (Å²) in [6, 6.07) is 11.8. The molecule has 0 saturated carbocycles. The van der Waals surface area contributed by atoms with Crippen LogP contribution in [0.4, 0.5) is 0 Å². The van der Waals surface area contributed by atoms with Gasteiger partial charge < -0.3 is 19.7 Å². The lowest BCUT2D eigenvalue weighted by Gasteiger charge is -2.38. The number of nitrogens with zero attached hydrogens (tertiary/aromatic N) is 2. The number of rotatable bonds is 8. The van der Waals surface area contributed by atoms with Gasteiger partial charge in [0.2, 0.25) is 0 Å². The quantitative estimate of drug-likeness (QED) is 0.617. The van der Waals surface area contributed by atoms with Crippen LogP contribution in [-0.4, -0.2) is 73.2 Å². The second kappa shape index (κ2) is 11.8. The van der Waals surface area contributed by atoms with Gasteiger partial charge >= 0.3 is 0 Å². The van der Waals surface area contributed by atoms with Gasteiger partial charge in [0.15, 0.2) is 6.61 Å². The van der Waals surface area contributed by atoms with E-state index in [1.807, 2.05) is 11.0 Å². The predicted octanol–water partition coefficient (Wildman–Crippen LogP) is 3.72. The Balaban J connectivity index is 1.29. The number of ether oxygens (including phenoxy) is 2. The molecular formula is C26H35N3O4S. The van der Waals surface area contributed by atoms with Crippen LogP contribution in [0.2, 0.25) is 0 Å². The molecule has 2 aliphatic rings. The van der Waals surface area contributed by atoms with Crippen molar-refractivity contribution in [3.8, 4) is 5.75 Å². The van der Waals surface area contributed by atoms with Crippen molar-refractivity contribution in [1.82, 2.24) is 15.1 Å². The van der Waals surface area contributed by atoms with Crippen LogP contribution in [0.5, 0.6) is 5.75 Å². The molecule has 0 spiro atoms. The summed E-state index contributed by atoms with van der Waals surface area (Å²) in [5.41, 5.74) is 0.573. The Labute approximate surface area is 206 Å². The molecule has 0 radical (unpaired) electrons. The Morgan fingerprint density at radius 1 is 1.12 bits per heavy atom. The minimum Gasteiger partial charge on any atom is -0.484 e. The summed E-state index contributed by atoms with van der Waals surface area (Å²) in [5.74, 6) is 0.490. The second-order valence-electron chi connectivity index (χ2n) is 9.13. The highest BCUT2D eigenvalue weighted by Crippen LogP contribution is 2.26. The number of hydrogen-bond donors (Lipinski definition) is 1. The number of carbonyl (C=O) groups is 2. The Hall–Kier alpha value is -2.42. The van der Waals surface area contributed by atoms with Gasteiger partial charge in [-0.3, -0.25) is 14.5 Å². The molecule has 0 aliphatic carbocycles. The molecule has 0 bridgehead atoms. The maximum absolute atomic E-state index is 12.8. The van der Waals surface area contributed by atoms with Crippen LogP contribution in [0.1, 0.15) is 54.4 Å². The fraction of sp³-hybridized carbons (Fsp3) is 0.538. The van der Waals surface area contributed by atoms with E-state index in [1.54, 1.807) is 35.6 Å². The molecule has 2 fully saturated rings. The molecule has 8 heteroatoms. The van der Waals surface area contributed by atoms with Crippen LogP contribution in [0, 0.1) is 0 Å². The maximum atomic E-state index is 12.8. The lowest BCUT2D eigenvalue weighted by Crippen LogP contribution is -2.49. The normalized spacial score (nSPS) is 22.2. The number of benzene rings is 1. The molecule has 0 unspecified atom stereocenters. The van der Waals surface area contributed by atoms with E-state index in [9.17, 15) is 9.59 Å². The summed E-state index contributed by atoms with van der Waals surface area (Å²) in [5, 5.41) is 5.16. The zero-order chi connectivity index (χ0) is 23.9. The Kier molecular flexibility index (Phi) is 8.59. The molecule has 2 aromatic rings. The number of carbonyl (C=O) groups excluding carboxylic acids is 2. The molecule has 2 amide bonds. The Morgan fingerprint density at radius 2 is 1.82 bits per heavy atom. The van der Waals surface area contributed by atoms with E-state index in [0.717, 1.165) is 45.6 Å². The van der Waals surface area contributed by atoms with Gasteiger partial charge in [-0.25, -0.2) is 0 Å². The standard InChI is InChI=1S/C26H35N3O4S/c1-19-5-3-6-20(2)29(19)25(30)18-33-22-10-8-21(9-11-22)26(31)27-17-23(24-7-4-16-34-24)28-12-14-32-15-13-28/h4,7-11,16,19-20,23H,3,5-6,12-15,17-18H2,1-2H3,(H,27,31)/t19-,20+,23-/m0/s1. The molecule has 2 aliphatic heterocycles. The van der Waals surface area contributed by atoms with E-state index in [0.29, 0.717) is 17.9 Å². The van der Waals surface area contributed by atoms with Crippen molar-refractivity contribution >= 4 is 23.2 Å². The highest BCUT2D eigenvalue weighted by molar-refractivity contribution is 7.10. The van der Waals surface area contributed by atoms with Crippen LogP contribution in [0.15, 0.2) is 41.8 Å². The van der Waals surface area contributed by atoms with E-state index in [4.69, 9.17) is 9.47 Å². The summed E-state index contributed by atoms with van der Waals surface area (Å²) < 4.78 is 11.2. The van der Waals surface area contributed by atoms with Crippen molar-refractivity contribution in [1.29, 1.82) is 0 Å². The minimum absolute atomic E-state index is 0.0161. The lowest BCUT2D eigenvalue weighted by atomic mass is 9.97. The predicted molar refractivity (Wildman–Crippen MR) is 133 cm³/mol. The van der Waals surface area contributed by atoms with Crippen LogP contribution >= 0.6 is 11.3 Å². The molecule has 1 N–H and O–H groups in total. The van der Waals surface area contributed by atoms with E-state index >= 15 is 0 Å². The number of nitrogens with one attached hydrogen (secondary N) is 1. The summed E-state index contributed by atoms with van der Waals surface area (Å²) >= 11 is 1.71. The number of morpholine rings is 1. The first-order valence-electron chi connectivity index (χ1n) is 12.2. The van der Waals surface area contributed by atoms with Crippen molar-refractivity contribution in [2.45, 2.75) is 51.2 Å². The minimum atomic E-state index is -0.117. The van der Waals surface area contributed by atoms with Gasteiger partial charge in [0, 0.05) is 42.2 Å². The molecule has 34 heavy (non-hydrogen) atoms. The number of amides is 2. The zero-order valence-electron chi connectivity index (χ0n) is 20.1. The van der Waals surface area contributed by atoms with Crippen LogP contribution < -0.4 is 10.1 Å². The smallest absolute Gasteiger partial charge is 0.260 e. The SMILES string of the molecule is C[C@@H]1CCC[C@H](C)N1C(=O)COc1ccc(C(=O)NC[C@@H](c2cccs2)N2CCOCC2)cc1. The number of hydrogen-bond acceptors (Lipinski definition) is 6. The lowest BCUT2D eigenvalue weighted by molar-refractivity contribution is -0.139. The molecule has 1 aromatic heterocycles. The van der Waals surface area contributed by atoms with E-state index in [1.165, 1.54) is 4.88 Å². The maximum Gasteiger partial charge on any atom is 0.260 e. The highest BCUT2D eigenvalue weighted by atomic mass is 32.1. The van der Waals surface area contributed by atoms with Crippen molar-refractivity contribution in [3.63, 3.8) is 0 Å². The van der Waals surface area contributed by atoms with Crippen LogP contribution in [0.25, 0.3) is 0 Å². The first-order valence-corrected chi connectivity index (χ1v) is 13.1. The van der Waals surface area contributed by atoms with Crippen molar-refractivity contribution in [2.75, 3.05) is 39.5 Å². The largest absolute Gasteiger partial charge is 0.484 e. The Morgan fingerprint density at radius 3 is 2.47 bits per heavy atom. The first-order chi connectivity index (χ1) is 16.5. The first kappa shape index (κ1) is 24.7. The summed E-state index contributed by atoms with van der Waals surface area (Å²) in [6.07, 6.45) is 3.24. The highest BCUT2D eigenvalue weighted by Gasteiger charge is 2.29. The summed E-state index contributed by atoms with van der Waals surface area (Å²) in [7, 11) is 0. The second-order valence-corrected chi connectivity index (χ2v) is 10.1. The van der Waals surface area contributed by atoms with E-state index in [-0.39, 0.29) is 36.5 Å². The monoisotopic (exact) mass is 485 g/mol. The topological polar surface area (TPSA) is 71.1 Å². The van der Waals surface area contributed by atoms with Gasteiger partial charge in [-0.2, -0.15) is 0 Å². The molecule has 3 heterocycles.